The third-order valence-electron chi connectivity index (χ3n) is 1.17. The maximum absolute atomic E-state index is 10.6. The molecular weight excluding hydrogens is 150 g/mol. The number of nitrogens with one attached hydrogen (secondary N) is 1. The van der Waals surface area contributed by atoms with Crippen LogP contribution in [0, 0.1) is 0 Å². The van der Waals surface area contributed by atoms with Crippen molar-refractivity contribution in [1.82, 2.24) is 5.32 Å². The molecule has 1 heterocycles. The van der Waals surface area contributed by atoms with E-state index < -0.39 is 12.4 Å². The van der Waals surface area contributed by atoms with Crippen LogP contribution >= 0.6 is 0 Å². The van der Waals surface area contributed by atoms with Crippen molar-refractivity contribution in [3.05, 3.63) is 0 Å². The molecule has 11 heavy (non-hydrogen) atoms. The SMILES string of the molecule is O=CCC(=O)OC1NCCO1. The highest BCUT2D eigenvalue weighted by molar-refractivity contribution is 5.83. The second-order valence-corrected chi connectivity index (χ2v) is 2.02. The molecule has 0 aromatic heterocycles. The van der Waals surface area contributed by atoms with Crippen LogP contribution < -0.4 is 5.32 Å². The number of carbonyl (C=O) groups excluding carboxylic acids is 2. The summed E-state index contributed by atoms with van der Waals surface area (Å²) in [5.41, 5.74) is 0. The quantitative estimate of drug-likeness (QED) is 0.326. The number of hydrogen-bond donors (Lipinski definition) is 1. The van der Waals surface area contributed by atoms with Crippen LogP contribution in [0.15, 0.2) is 0 Å². The summed E-state index contributed by atoms with van der Waals surface area (Å²) in [4.78, 5) is 20.5. The first-order chi connectivity index (χ1) is 5.33. The van der Waals surface area contributed by atoms with Gasteiger partial charge in [-0.3, -0.25) is 10.1 Å². The fraction of sp³-hybridized carbons (Fsp3) is 0.667. The number of ether oxygens (including phenoxy) is 2. The maximum Gasteiger partial charge on any atom is 0.316 e. The van der Waals surface area contributed by atoms with Crippen molar-refractivity contribution < 1.29 is 19.1 Å². The molecule has 0 bridgehead atoms. The molecule has 5 nitrogen and oxygen atoms in total. The van der Waals surface area contributed by atoms with E-state index in [0.717, 1.165) is 0 Å². The van der Waals surface area contributed by atoms with Crippen molar-refractivity contribution in [2.75, 3.05) is 13.2 Å². The van der Waals surface area contributed by atoms with Gasteiger partial charge in [0.15, 0.2) is 0 Å². The molecule has 1 fully saturated rings. The number of esters is 1. The van der Waals surface area contributed by atoms with Crippen LogP contribution in [-0.4, -0.2) is 31.8 Å². The lowest BCUT2D eigenvalue weighted by molar-refractivity contribution is -0.172. The monoisotopic (exact) mass is 159 g/mol. The second-order valence-electron chi connectivity index (χ2n) is 2.02. The summed E-state index contributed by atoms with van der Waals surface area (Å²) < 4.78 is 9.55. The Hall–Kier alpha value is -0.940. The van der Waals surface area contributed by atoms with Gasteiger partial charge >= 0.3 is 5.97 Å². The average molecular weight is 159 g/mol. The van der Waals surface area contributed by atoms with Crippen molar-refractivity contribution in [1.29, 1.82) is 0 Å². The first-order valence-corrected chi connectivity index (χ1v) is 3.31. The summed E-state index contributed by atoms with van der Waals surface area (Å²) in [6.45, 7) is 1.19. The minimum Gasteiger partial charge on any atom is -0.421 e. The standard InChI is InChI=1S/C6H9NO4/c8-3-1-5(9)11-6-7-2-4-10-6/h3,6-7H,1-2,4H2. The van der Waals surface area contributed by atoms with E-state index in [4.69, 9.17) is 4.74 Å². The molecule has 1 aliphatic rings. The predicted molar refractivity (Wildman–Crippen MR) is 34.5 cm³/mol. The lowest BCUT2D eigenvalue weighted by Gasteiger charge is -2.08. The van der Waals surface area contributed by atoms with E-state index in [0.29, 0.717) is 19.4 Å². The van der Waals surface area contributed by atoms with Gasteiger partial charge in [0, 0.05) is 6.54 Å². The molecule has 0 aliphatic carbocycles. The van der Waals surface area contributed by atoms with E-state index in [1.165, 1.54) is 0 Å². The van der Waals surface area contributed by atoms with Crippen LogP contribution in [0.4, 0.5) is 0 Å². The van der Waals surface area contributed by atoms with Gasteiger partial charge in [-0.2, -0.15) is 0 Å². The Morgan fingerprint density at radius 2 is 2.64 bits per heavy atom. The zero-order valence-electron chi connectivity index (χ0n) is 5.91. The van der Waals surface area contributed by atoms with E-state index in [9.17, 15) is 9.59 Å². The van der Waals surface area contributed by atoms with Crippen LogP contribution in [0.2, 0.25) is 0 Å². The van der Waals surface area contributed by atoms with E-state index in [1.54, 1.807) is 0 Å². The third kappa shape index (κ3) is 2.65. The van der Waals surface area contributed by atoms with Gasteiger partial charge in [-0.1, -0.05) is 0 Å². The molecule has 0 amide bonds. The van der Waals surface area contributed by atoms with E-state index in [2.05, 4.69) is 10.1 Å². The molecule has 62 valence electrons. The molecule has 1 N–H and O–H groups in total. The summed E-state index contributed by atoms with van der Waals surface area (Å²) in [6.07, 6.45) is -0.388. The normalized spacial score (nSPS) is 23.1. The largest absolute Gasteiger partial charge is 0.421 e. The second kappa shape index (κ2) is 4.05. The van der Waals surface area contributed by atoms with Crippen LogP contribution in [0.25, 0.3) is 0 Å². The highest BCUT2D eigenvalue weighted by Crippen LogP contribution is 1.98. The van der Waals surface area contributed by atoms with Crippen LogP contribution in [0.5, 0.6) is 0 Å². The molecule has 0 aromatic rings. The molecule has 1 aliphatic heterocycles. The average Bonchev–Trinajstić information content (AvgIpc) is 2.40. The van der Waals surface area contributed by atoms with E-state index >= 15 is 0 Å². The Labute approximate surface area is 63.7 Å². The molecule has 0 spiro atoms. The third-order valence-corrected chi connectivity index (χ3v) is 1.17. The van der Waals surface area contributed by atoms with Crippen LogP contribution in [-0.2, 0) is 19.1 Å². The first-order valence-electron chi connectivity index (χ1n) is 3.31. The Morgan fingerprint density at radius 1 is 1.82 bits per heavy atom. The molecule has 5 heteroatoms. The summed E-state index contributed by atoms with van der Waals surface area (Å²) in [5.74, 6) is -0.570. The van der Waals surface area contributed by atoms with Gasteiger partial charge < -0.3 is 14.3 Å². The van der Waals surface area contributed by atoms with Crippen molar-refractivity contribution in [3.8, 4) is 0 Å². The minimum absolute atomic E-state index is 0.221. The lowest BCUT2D eigenvalue weighted by Crippen LogP contribution is -2.28. The molecule has 0 aromatic carbocycles. The molecule has 1 rings (SSSR count). The highest BCUT2D eigenvalue weighted by atomic mass is 16.7. The van der Waals surface area contributed by atoms with Crippen LogP contribution in [0.3, 0.4) is 0 Å². The number of carbonyl (C=O) groups is 2. The molecular formula is C6H9NO4. The molecule has 0 radical (unpaired) electrons. The summed E-state index contributed by atoms with van der Waals surface area (Å²) >= 11 is 0. The molecule has 1 atom stereocenters. The van der Waals surface area contributed by atoms with Gasteiger partial charge in [0.25, 0.3) is 6.41 Å². The van der Waals surface area contributed by atoms with Gasteiger partial charge in [-0.15, -0.1) is 0 Å². The molecule has 0 saturated carbocycles. The minimum atomic E-state index is -0.664. The zero-order chi connectivity index (χ0) is 8.10. The topological polar surface area (TPSA) is 64.6 Å². The number of aldehydes is 1. The van der Waals surface area contributed by atoms with E-state index in [-0.39, 0.29) is 6.42 Å². The van der Waals surface area contributed by atoms with Gasteiger partial charge in [0.2, 0.25) is 0 Å². The summed E-state index contributed by atoms with van der Waals surface area (Å²) in [6, 6.07) is 0. The van der Waals surface area contributed by atoms with Crippen molar-refractivity contribution in [3.63, 3.8) is 0 Å². The molecule has 1 saturated heterocycles. The van der Waals surface area contributed by atoms with Gasteiger partial charge in [-0.05, 0) is 0 Å². The van der Waals surface area contributed by atoms with Gasteiger partial charge in [0.05, 0.1) is 6.61 Å². The Kier molecular flexibility index (Phi) is 3.00. The first kappa shape index (κ1) is 8.16. The van der Waals surface area contributed by atoms with Crippen molar-refractivity contribution >= 4 is 12.3 Å². The Morgan fingerprint density at radius 3 is 3.18 bits per heavy atom. The maximum atomic E-state index is 10.6. The van der Waals surface area contributed by atoms with Gasteiger partial charge in [-0.25, -0.2) is 0 Å². The fourth-order valence-electron chi connectivity index (χ4n) is 0.713. The summed E-state index contributed by atoms with van der Waals surface area (Å²) in [5, 5.41) is 2.76. The summed E-state index contributed by atoms with van der Waals surface area (Å²) in [7, 11) is 0. The number of hydrogen-bond acceptors (Lipinski definition) is 5. The molecule has 1 unspecified atom stereocenters. The zero-order valence-corrected chi connectivity index (χ0v) is 5.91. The fourth-order valence-corrected chi connectivity index (χ4v) is 0.713. The van der Waals surface area contributed by atoms with Crippen molar-refractivity contribution in [2.24, 2.45) is 0 Å². The smallest absolute Gasteiger partial charge is 0.316 e. The number of rotatable bonds is 3. The Bertz CT molecular complexity index is 153. The lowest BCUT2D eigenvalue weighted by atomic mass is 10.5. The Balaban J connectivity index is 2.18. The van der Waals surface area contributed by atoms with E-state index in [1.807, 2.05) is 0 Å². The van der Waals surface area contributed by atoms with Gasteiger partial charge in [0.1, 0.15) is 12.7 Å². The highest BCUT2D eigenvalue weighted by Gasteiger charge is 2.17. The predicted octanol–water partition coefficient (Wildman–Crippen LogP) is -0.978. The van der Waals surface area contributed by atoms with Crippen LogP contribution in [0.1, 0.15) is 6.42 Å². The van der Waals surface area contributed by atoms with Crippen molar-refractivity contribution in [2.45, 2.75) is 12.8 Å².